The standard InChI is InChI=1S/C42H70O14/c1-20(2)7-8-22(45)21(3)29-23(46)15-40(6)27-10-9-26-38(4,19-53-36-34(51)32(49)30(47)24(16-43)54-36)28(56-37-35(52)33(50)31(48)25(17-44)55-37)11-12-41(26)18-42(27,41)14-13-39(29,40)5/h7,21-37,43-52H,8-19H2,1-6H3/t21-,22+,23+,24-,25-,26+,27-,28+,29+,30-,31+,32+,33+,34-,35-,36-,37+,38+,39-,40+,41-,42+/m1/s1. The van der Waals surface area contributed by atoms with Gasteiger partial charge in [-0.15, -0.1) is 0 Å². The fourth-order valence-electron chi connectivity index (χ4n) is 14.2. The highest BCUT2D eigenvalue weighted by molar-refractivity contribution is 5.31. The van der Waals surface area contributed by atoms with Crippen LogP contribution in [0.15, 0.2) is 11.6 Å². The summed E-state index contributed by atoms with van der Waals surface area (Å²) in [5, 5.41) is 107. The molecule has 0 radical (unpaired) electrons. The van der Waals surface area contributed by atoms with Crippen LogP contribution < -0.4 is 0 Å². The van der Waals surface area contributed by atoms with Crippen molar-refractivity contribution in [2.75, 3.05) is 19.8 Å². The summed E-state index contributed by atoms with van der Waals surface area (Å²) in [5.41, 5.74) is -0.0759. The molecule has 5 saturated carbocycles. The molecule has 14 nitrogen and oxygen atoms in total. The fourth-order valence-corrected chi connectivity index (χ4v) is 14.2. The van der Waals surface area contributed by atoms with Crippen LogP contribution in [-0.4, -0.2) is 151 Å². The van der Waals surface area contributed by atoms with Crippen molar-refractivity contribution in [3.05, 3.63) is 11.6 Å². The van der Waals surface area contributed by atoms with Crippen molar-refractivity contribution < 1.29 is 70.0 Å². The molecular formula is C42H70O14. The zero-order chi connectivity index (χ0) is 40.9. The normalized spacial score (nSPS) is 54.9. The molecule has 2 aliphatic heterocycles. The Morgan fingerprint density at radius 3 is 1.91 bits per heavy atom. The highest BCUT2D eigenvalue weighted by Gasteiger charge is 2.83. The SMILES string of the molecule is CC(C)=CC[C@H](O)[C@@H](C)[C@H]1[C@@H](O)C[C@@]2(C)[C@H]3CC[C@H]4[C@](C)(CO[C@@H]5O[C@H](CO)[C@@H](O)[C@H](O)[C@H]5O)[C@@H](O[C@@H]5O[C@H](CO)[C@H](O)[C@H](O)[C@H]5O)CC[C@@]45C[C@@]35CC[C@]12C. The number of hydrogen-bond acceptors (Lipinski definition) is 14. The molecule has 10 N–H and O–H groups in total. The van der Waals surface area contributed by atoms with E-state index in [4.69, 9.17) is 18.9 Å². The number of fused-ring (bicyclic) bond motifs is 2. The second-order valence-corrected chi connectivity index (χ2v) is 20.1. The first-order valence-corrected chi connectivity index (χ1v) is 21.1. The lowest BCUT2D eigenvalue weighted by Gasteiger charge is -2.64. The Kier molecular flexibility index (Phi) is 11.8. The van der Waals surface area contributed by atoms with E-state index in [1.165, 1.54) is 0 Å². The lowest BCUT2D eigenvalue weighted by molar-refractivity contribution is -0.340. The van der Waals surface area contributed by atoms with Crippen LogP contribution >= 0.6 is 0 Å². The number of aliphatic hydroxyl groups is 10. The van der Waals surface area contributed by atoms with Crippen LogP contribution in [0.3, 0.4) is 0 Å². The van der Waals surface area contributed by atoms with Crippen LogP contribution in [-0.2, 0) is 18.9 Å². The third kappa shape index (κ3) is 6.34. The van der Waals surface area contributed by atoms with E-state index in [0.717, 1.165) is 44.1 Å². The summed E-state index contributed by atoms with van der Waals surface area (Å²) < 4.78 is 24.5. The first kappa shape index (κ1) is 43.3. The maximum absolute atomic E-state index is 11.9. The zero-order valence-corrected chi connectivity index (χ0v) is 34.0. The van der Waals surface area contributed by atoms with Gasteiger partial charge in [-0.3, -0.25) is 0 Å². The molecule has 14 heteroatoms. The van der Waals surface area contributed by atoms with Crippen LogP contribution in [0.4, 0.5) is 0 Å². The lowest BCUT2D eigenvalue weighted by Crippen LogP contribution is -2.63. The lowest BCUT2D eigenvalue weighted by atomic mass is 9.41. The van der Waals surface area contributed by atoms with Gasteiger partial charge in [0.1, 0.15) is 48.8 Å². The molecule has 7 aliphatic rings. The Balaban J connectivity index is 1.18. The number of ether oxygens (including phenoxy) is 4. The second-order valence-electron chi connectivity index (χ2n) is 20.1. The van der Waals surface area contributed by atoms with Gasteiger partial charge in [0.25, 0.3) is 0 Å². The number of allylic oxidation sites excluding steroid dienone is 1. The first-order chi connectivity index (χ1) is 26.3. The third-order valence-electron chi connectivity index (χ3n) is 17.4. The van der Waals surface area contributed by atoms with E-state index in [-0.39, 0.29) is 46.0 Å². The van der Waals surface area contributed by atoms with Gasteiger partial charge in [-0.25, -0.2) is 0 Å². The smallest absolute Gasteiger partial charge is 0.186 e. The van der Waals surface area contributed by atoms with Crippen LogP contribution in [0.25, 0.3) is 0 Å². The number of rotatable bonds is 11. The topological polar surface area (TPSA) is 239 Å². The Labute approximate surface area is 330 Å². The van der Waals surface area contributed by atoms with Crippen LogP contribution in [0.1, 0.15) is 99.3 Å². The maximum Gasteiger partial charge on any atom is 0.186 e. The van der Waals surface area contributed by atoms with E-state index < -0.39 is 98.4 Å². The molecule has 0 amide bonds. The molecule has 56 heavy (non-hydrogen) atoms. The Morgan fingerprint density at radius 1 is 0.732 bits per heavy atom. The van der Waals surface area contributed by atoms with E-state index in [1.807, 2.05) is 13.8 Å². The third-order valence-corrected chi connectivity index (χ3v) is 17.4. The molecular weight excluding hydrogens is 728 g/mol. The molecule has 2 spiro atoms. The monoisotopic (exact) mass is 798 g/mol. The first-order valence-electron chi connectivity index (χ1n) is 21.1. The number of hydrogen-bond donors (Lipinski definition) is 10. The highest BCUT2D eigenvalue weighted by Crippen LogP contribution is 2.89. The minimum absolute atomic E-state index is 0.00120. The van der Waals surface area contributed by atoms with Crippen molar-refractivity contribution in [1.29, 1.82) is 0 Å². The molecule has 0 aromatic rings. The maximum atomic E-state index is 11.9. The van der Waals surface area contributed by atoms with E-state index >= 15 is 0 Å². The fraction of sp³-hybridized carbons (Fsp3) is 0.952. The summed E-state index contributed by atoms with van der Waals surface area (Å²) in [6.45, 7) is 11.8. The summed E-state index contributed by atoms with van der Waals surface area (Å²) in [6.07, 6.45) is -6.88. The van der Waals surface area contributed by atoms with Crippen molar-refractivity contribution in [2.24, 2.45) is 50.7 Å². The minimum atomic E-state index is -1.61. The quantitative estimate of drug-likeness (QED) is 0.103. The Hall–Kier alpha value is -0.820. The van der Waals surface area contributed by atoms with Crippen LogP contribution in [0, 0.1) is 50.7 Å². The highest BCUT2D eigenvalue weighted by atomic mass is 16.7. The molecule has 7 fully saturated rings. The molecule has 7 rings (SSSR count). The van der Waals surface area contributed by atoms with Gasteiger partial charge in [-0.1, -0.05) is 39.3 Å². The van der Waals surface area contributed by atoms with E-state index in [9.17, 15) is 51.1 Å². The molecule has 0 bridgehead atoms. The number of aliphatic hydroxyl groups excluding tert-OH is 10. The average molecular weight is 799 g/mol. The minimum Gasteiger partial charge on any atom is -0.394 e. The summed E-state index contributed by atoms with van der Waals surface area (Å²) >= 11 is 0. The van der Waals surface area contributed by atoms with Gasteiger partial charge >= 0.3 is 0 Å². The van der Waals surface area contributed by atoms with Crippen LogP contribution in [0.2, 0.25) is 0 Å². The largest absolute Gasteiger partial charge is 0.394 e. The molecule has 2 saturated heterocycles. The summed E-state index contributed by atoms with van der Waals surface area (Å²) in [6, 6.07) is 0. The van der Waals surface area contributed by atoms with Crippen LogP contribution in [0.5, 0.6) is 0 Å². The van der Waals surface area contributed by atoms with Gasteiger partial charge in [0.2, 0.25) is 0 Å². The average Bonchev–Trinajstić information content (AvgIpc) is 3.77. The van der Waals surface area contributed by atoms with Crippen molar-refractivity contribution in [3.8, 4) is 0 Å². The molecule has 0 aromatic heterocycles. The molecule has 0 unspecified atom stereocenters. The van der Waals surface area contributed by atoms with E-state index in [2.05, 4.69) is 33.8 Å². The predicted molar refractivity (Wildman–Crippen MR) is 200 cm³/mol. The van der Waals surface area contributed by atoms with Crippen molar-refractivity contribution >= 4 is 0 Å². The molecule has 22 atom stereocenters. The predicted octanol–water partition coefficient (Wildman–Crippen LogP) is 0.731. The summed E-state index contributed by atoms with van der Waals surface area (Å²) in [4.78, 5) is 0. The van der Waals surface area contributed by atoms with Crippen molar-refractivity contribution in [3.63, 3.8) is 0 Å². The van der Waals surface area contributed by atoms with Crippen molar-refractivity contribution in [2.45, 2.75) is 179 Å². The van der Waals surface area contributed by atoms with Gasteiger partial charge in [0.15, 0.2) is 12.6 Å². The summed E-state index contributed by atoms with van der Waals surface area (Å²) in [7, 11) is 0. The van der Waals surface area contributed by atoms with Gasteiger partial charge in [0, 0.05) is 5.41 Å². The zero-order valence-electron chi connectivity index (χ0n) is 34.0. The molecule has 5 aliphatic carbocycles. The molecule has 2 heterocycles. The Bertz CT molecular complexity index is 1440. The molecule has 0 aromatic carbocycles. The van der Waals surface area contributed by atoms with E-state index in [0.29, 0.717) is 25.2 Å². The second kappa shape index (κ2) is 15.3. The van der Waals surface area contributed by atoms with E-state index in [1.54, 1.807) is 0 Å². The van der Waals surface area contributed by atoms with Gasteiger partial charge in [-0.05, 0) is 117 Å². The Morgan fingerprint density at radius 2 is 1.30 bits per heavy atom. The van der Waals surface area contributed by atoms with Gasteiger partial charge in [0.05, 0.1) is 38.1 Å². The van der Waals surface area contributed by atoms with Gasteiger partial charge < -0.3 is 70.0 Å². The molecule has 322 valence electrons. The summed E-state index contributed by atoms with van der Waals surface area (Å²) in [5.74, 6) is 0.242. The van der Waals surface area contributed by atoms with Gasteiger partial charge in [-0.2, -0.15) is 0 Å². The van der Waals surface area contributed by atoms with Crippen molar-refractivity contribution in [1.82, 2.24) is 0 Å².